The molecule has 1 amide bonds. The lowest BCUT2D eigenvalue weighted by Gasteiger charge is -2.36. The average molecular weight is 349 g/mol. The fraction of sp³-hybridized carbons (Fsp3) is 0.556. The van der Waals surface area contributed by atoms with Gasteiger partial charge in [0.15, 0.2) is 0 Å². The molecule has 0 bridgehead atoms. The number of anilines is 1. The second-order valence-electron chi connectivity index (χ2n) is 6.76. The molecule has 1 aliphatic rings. The van der Waals surface area contributed by atoms with Gasteiger partial charge in [-0.1, -0.05) is 31.5 Å². The Morgan fingerprint density at radius 3 is 2.58 bits per heavy atom. The van der Waals surface area contributed by atoms with Crippen LogP contribution in [0.25, 0.3) is 0 Å². The molecule has 0 aliphatic carbocycles. The number of hydrogen-bond acceptors (Lipinski definition) is 4. The molecule has 1 aliphatic heterocycles. The van der Waals surface area contributed by atoms with Crippen molar-refractivity contribution >= 4 is 23.2 Å². The predicted octanol–water partition coefficient (Wildman–Crippen LogP) is 2.52. The lowest BCUT2D eigenvalue weighted by Crippen LogP contribution is -2.54. The number of carbonyl (C=O) groups is 1. The fourth-order valence-corrected chi connectivity index (χ4v) is 2.86. The molecule has 1 aromatic carbocycles. The second kappa shape index (κ2) is 7.87. The summed E-state index contributed by atoms with van der Waals surface area (Å²) in [6.07, 6.45) is 0. The summed E-state index contributed by atoms with van der Waals surface area (Å²) >= 11 is 6.05. The summed E-state index contributed by atoms with van der Waals surface area (Å²) in [5, 5.41) is 12.9. The van der Waals surface area contributed by atoms with Crippen molar-refractivity contribution in [1.82, 2.24) is 10.2 Å². The zero-order valence-electron chi connectivity index (χ0n) is 14.6. The average Bonchev–Trinajstić information content (AvgIpc) is 2.55. The molecule has 0 unspecified atom stereocenters. The Kier molecular flexibility index (Phi) is 6.09. The van der Waals surface area contributed by atoms with E-state index in [-0.39, 0.29) is 11.8 Å². The monoisotopic (exact) mass is 348 g/mol. The van der Waals surface area contributed by atoms with Gasteiger partial charge in [-0.2, -0.15) is 5.26 Å². The van der Waals surface area contributed by atoms with Crippen LogP contribution < -0.4 is 10.2 Å². The van der Waals surface area contributed by atoms with Gasteiger partial charge in [-0.3, -0.25) is 9.69 Å². The first kappa shape index (κ1) is 18.6. The van der Waals surface area contributed by atoms with Crippen LogP contribution in [-0.4, -0.2) is 49.1 Å². The summed E-state index contributed by atoms with van der Waals surface area (Å²) in [6, 6.07) is 10.0. The largest absolute Gasteiger partial charge is 0.369 e. The van der Waals surface area contributed by atoms with Gasteiger partial charge in [0, 0.05) is 36.9 Å². The van der Waals surface area contributed by atoms with E-state index in [0.29, 0.717) is 6.54 Å². The van der Waals surface area contributed by atoms with E-state index in [1.54, 1.807) is 6.92 Å². The molecular formula is C18H25ClN4O. The van der Waals surface area contributed by atoms with E-state index in [1.807, 2.05) is 32.0 Å². The summed E-state index contributed by atoms with van der Waals surface area (Å²) in [5.74, 6) is -0.0323. The Labute approximate surface area is 149 Å². The fourth-order valence-electron chi connectivity index (χ4n) is 2.67. The van der Waals surface area contributed by atoms with Gasteiger partial charge >= 0.3 is 0 Å². The Balaban J connectivity index is 1.85. The number of carbonyl (C=O) groups excluding carboxylic acids is 1. The third-order valence-corrected chi connectivity index (χ3v) is 4.93. The van der Waals surface area contributed by atoms with Crippen LogP contribution in [0.4, 0.5) is 5.69 Å². The zero-order chi connectivity index (χ0) is 17.7. The van der Waals surface area contributed by atoms with Crippen LogP contribution in [0.15, 0.2) is 24.3 Å². The summed E-state index contributed by atoms with van der Waals surface area (Å²) < 4.78 is 0. The number of hydrogen-bond donors (Lipinski definition) is 1. The first-order chi connectivity index (χ1) is 11.3. The molecule has 5 nitrogen and oxygen atoms in total. The normalized spacial score (nSPS) is 18.1. The molecule has 2 rings (SSSR count). The lowest BCUT2D eigenvalue weighted by molar-refractivity contribution is -0.124. The molecule has 6 heteroatoms. The predicted molar refractivity (Wildman–Crippen MR) is 97.1 cm³/mol. The molecule has 1 heterocycles. The molecule has 1 saturated heterocycles. The van der Waals surface area contributed by atoms with E-state index in [0.717, 1.165) is 36.9 Å². The van der Waals surface area contributed by atoms with Crippen molar-refractivity contribution in [3.8, 4) is 6.07 Å². The molecule has 1 atom stereocenters. The highest BCUT2D eigenvalue weighted by atomic mass is 35.5. The highest BCUT2D eigenvalue weighted by Crippen LogP contribution is 2.21. The third-order valence-electron chi connectivity index (χ3n) is 4.70. The molecule has 1 fully saturated rings. The van der Waals surface area contributed by atoms with Gasteiger partial charge in [0.25, 0.3) is 0 Å². The molecule has 0 radical (unpaired) electrons. The summed E-state index contributed by atoms with van der Waals surface area (Å²) in [4.78, 5) is 16.6. The first-order valence-electron chi connectivity index (χ1n) is 8.29. The molecule has 130 valence electrons. The van der Waals surface area contributed by atoms with Crippen LogP contribution in [-0.2, 0) is 4.79 Å². The van der Waals surface area contributed by atoms with Crippen LogP contribution >= 0.6 is 11.6 Å². The van der Waals surface area contributed by atoms with Crippen LogP contribution in [0.2, 0.25) is 5.02 Å². The summed E-state index contributed by atoms with van der Waals surface area (Å²) in [7, 11) is 0. The van der Waals surface area contributed by atoms with Crippen LogP contribution in [0, 0.1) is 17.2 Å². The molecule has 0 aromatic heterocycles. The van der Waals surface area contributed by atoms with Gasteiger partial charge in [-0.25, -0.2) is 0 Å². The number of nitriles is 1. The van der Waals surface area contributed by atoms with E-state index in [1.165, 1.54) is 0 Å². The zero-order valence-corrected chi connectivity index (χ0v) is 15.3. The Bertz CT molecular complexity index is 620. The van der Waals surface area contributed by atoms with Crippen molar-refractivity contribution < 1.29 is 4.79 Å². The molecule has 24 heavy (non-hydrogen) atoms. The van der Waals surface area contributed by atoms with Crippen molar-refractivity contribution in [1.29, 1.82) is 5.26 Å². The first-order valence-corrected chi connectivity index (χ1v) is 8.67. The van der Waals surface area contributed by atoms with Crippen LogP contribution in [0.5, 0.6) is 0 Å². The van der Waals surface area contributed by atoms with E-state index in [4.69, 9.17) is 11.6 Å². The number of nitrogens with one attached hydrogen (secondary N) is 1. The Hall–Kier alpha value is -1.77. The third kappa shape index (κ3) is 4.62. The number of halogens is 1. The quantitative estimate of drug-likeness (QED) is 0.888. The SMILES string of the molecule is CC(C)[C@](C)(C#N)NC(=O)CN1CCN(c2cccc(Cl)c2)CC1. The molecule has 1 aromatic rings. The lowest BCUT2D eigenvalue weighted by atomic mass is 9.90. The highest BCUT2D eigenvalue weighted by molar-refractivity contribution is 6.30. The maximum Gasteiger partial charge on any atom is 0.235 e. The van der Waals surface area contributed by atoms with Gasteiger partial charge in [0.05, 0.1) is 12.6 Å². The minimum Gasteiger partial charge on any atom is -0.369 e. The molecule has 0 spiro atoms. The van der Waals surface area contributed by atoms with Crippen LogP contribution in [0.1, 0.15) is 20.8 Å². The molecular weight excluding hydrogens is 324 g/mol. The standard InChI is InChI=1S/C18H25ClN4O/c1-14(2)18(3,13-20)21-17(24)12-22-7-9-23(10-8-22)16-6-4-5-15(19)11-16/h4-6,11,14H,7-10,12H2,1-3H3,(H,21,24)/t18-/m0/s1. The number of nitrogens with zero attached hydrogens (tertiary/aromatic N) is 3. The smallest absolute Gasteiger partial charge is 0.235 e. The maximum atomic E-state index is 12.3. The molecule has 1 N–H and O–H groups in total. The molecule has 0 saturated carbocycles. The topological polar surface area (TPSA) is 59.4 Å². The number of benzene rings is 1. The Morgan fingerprint density at radius 2 is 2.04 bits per heavy atom. The van der Waals surface area contributed by atoms with Crippen LogP contribution in [0.3, 0.4) is 0 Å². The highest BCUT2D eigenvalue weighted by Gasteiger charge is 2.30. The summed E-state index contributed by atoms with van der Waals surface area (Å²) in [5.41, 5.74) is 0.295. The van der Waals surface area contributed by atoms with Crippen molar-refractivity contribution in [2.24, 2.45) is 5.92 Å². The van der Waals surface area contributed by atoms with E-state index >= 15 is 0 Å². The van der Waals surface area contributed by atoms with Crippen molar-refractivity contribution in [3.63, 3.8) is 0 Å². The number of amides is 1. The minimum absolute atomic E-state index is 0.0612. The van der Waals surface area contributed by atoms with Gasteiger partial charge in [0.1, 0.15) is 5.54 Å². The van der Waals surface area contributed by atoms with Gasteiger partial charge in [-0.15, -0.1) is 0 Å². The Morgan fingerprint density at radius 1 is 1.38 bits per heavy atom. The van der Waals surface area contributed by atoms with E-state index in [2.05, 4.69) is 27.3 Å². The van der Waals surface area contributed by atoms with E-state index < -0.39 is 5.54 Å². The number of piperazine rings is 1. The van der Waals surface area contributed by atoms with Crippen molar-refractivity contribution in [2.45, 2.75) is 26.3 Å². The van der Waals surface area contributed by atoms with Gasteiger partial charge in [-0.05, 0) is 31.0 Å². The van der Waals surface area contributed by atoms with E-state index in [9.17, 15) is 10.1 Å². The maximum absolute atomic E-state index is 12.3. The van der Waals surface area contributed by atoms with Gasteiger partial charge < -0.3 is 10.2 Å². The minimum atomic E-state index is -0.820. The van der Waals surface area contributed by atoms with Crippen molar-refractivity contribution in [2.75, 3.05) is 37.6 Å². The van der Waals surface area contributed by atoms with Gasteiger partial charge in [0.2, 0.25) is 5.91 Å². The summed E-state index contributed by atoms with van der Waals surface area (Å²) in [6.45, 7) is 9.30. The van der Waals surface area contributed by atoms with Crippen molar-refractivity contribution in [3.05, 3.63) is 29.3 Å². The number of rotatable bonds is 5. The second-order valence-corrected chi connectivity index (χ2v) is 7.20.